The van der Waals surface area contributed by atoms with Crippen molar-refractivity contribution in [2.45, 2.75) is 13.3 Å². The molecule has 0 fully saturated rings. The molecular formula is C23H23ClN4O2. The molecule has 2 amide bonds. The molecule has 0 saturated heterocycles. The van der Waals surface area contributed by atoms with E-state index < -0.39 is 0 Å². The number of aryl methyl sites for hydroxylation is 2. The Morgan fingerprint density at radius 3 is 2.50 bits per heavy atom. The first kappa shape index (κ1) is 21.3. The van der Waals surface area contributed by atoms with Crippen molar-refractivity contribution in [3.05, 3.63) is 88.2 Å². The van der Waals surface area contributed by atoms with E-state index in [-0.39, 0.29) is 11.8 Å². The Labute approximate surface area is 180 Å². The number of nitrogens with one attached hydrogen (secondary N) is 2. The van der Waals surface area contributed by atoms with Gasteiger partial charge in [0.25, 0.3) is 5.91 Å². The predicted octanol–water partition coefficient (Wildman–Crippen LogP) is 4.01. The molecule has 3 aromatic rings. The minimum absolute atomic E-state index is 0.239. The molecule has 0 aliphatic rings. The van der Waals surface area contributed by atoms with Gasteiger partial charge < -0.3 is 10.6 Å². The maximum Gasteiger partial charge on any atom is 0.253 e. The normalized spacial score (nSPS) is 10.9. The highest BCUT2D eigenvalue weighted by Crippen LogP contribution is 2.20. The van der Waals surface area contributed by atoms with Gasteiger partial charge in [-0.3, -0.25) is 14.3 Å². The Morgan fingerprint density at radius 2 is 1.80 bits per heavy atom. The summed E-state index contributed by atoms with van der Waals surface area (Å²) in [5, 5.41) is 10.3. The minimum atomic E-state index is -0.362. The van der Waals surface area contributed by atoms with Crippen LogP contribution < -0.4 is 10.6 Å². The number of carbonyl (C=O) groups excluding carboxylic acids is 2. The smallest absolute Gasteiger partial charge is 0.253 e. The van der Waals surface area contributed by atoms with Gasteiger partial charge in [0.2, 0.25) is 5.91 Å². The monoisotopic (exact) mass is 422 g/mol. The average molecular weight is 423 g/mol. The molecule has 0 spiro atoms. The highest BCUT2D eigenvalue weighted by Gasteiger charge is 2.13. The molecule has 1 aromatic heterocycles. The van der Waals surface area contributed by atoms with Crippen LogP contribution in [0.5, 0.6) is 0 Å². The van der Waals surface area contributed by atoms with E-state index in [0.717, 1.165) is 17.7 Å². The number of nitrogens with zero attached hydrogens (tertiary/aromatic N) is 2. The lowest BCUT2D eigenvalue weighted by atomic mass is 10.1. The molecule has 7 heteroatoms. The van der Waals surface area contributed by atoms with E-state index >= 15 is 0 Å². The van der Waals surface area contributed by atoms with Crippen LogP contribution in [0.25, 0.3) is 6.08 Å². The zero-order chi connectivity index (χ0) is 21.5. The quantitative estimate of drug-likeness (QED) is 0.565. The third-order valence-electron chi connectivity index (χ3n) is 4.57. The van der Waals surface area contributed by atoms with Crippen LogP contribution in [-0.2, 0) is 18.3 Å². The Hall–Kier alpha value is -3.38. The lowest BCUT2D eigenvalue weighted by Crippen LogP contribution is -2.27. The number of hydrogen-bond donors (Lipinski definition) is 2. The molecule has 1 heterocycles. The van der Waals surface area contributed by atoms with Crippen LogP contribution in [0.15, 0.2) is 60.7 Å². The molecule has 6 nitrogen and oxygen atoms in total. The van der Waals surface area contributed by atoms with Crippen molar-refractivity contribution in [1.29, 1.82) is 0 Å². The van der Waals surface area contributed by atoms with Gasteiger partial charge in [-0.15, -0.1) is 0 Å². The fourth-order valence-electron chi connectivity index (χ4n) is 3.02. The summed E-state index contributed by atoms with van der Waals surface area (Å²) in [6, 6.07) is 16.8. The van der Waals surface area contributed by atoms with Crippen molar-refractivity contribution >= 4 is 35.2 Å². The summed E-state index contributed by atoms with van der Waals surface area (Å²) in [7, 11) is 1.74. The van der Waals surface area contributed by atoms with Crippen LogP contribution in [0.1, 0.15) is 27.2 Å². The second-order valence-corrected chi connectivity index (χ2v) is 7.13. The Kier molecular flexibility index (Phi) is 7.03. The summed E-state index contributed by atoms with van der Waals surface area (Å²) in [5.74, 6) is -0.601. The van der Waals surface area contributed by atoms with Gasteiger partial charge in [0.1, 0.15) is 5.15 Å². The number of para-hydroxylation sites is 1. The highest BCUT2D eigenvalue weighted by molar-refractivity contribution is 6.31. The minimum Gasteiger partial charge on any atom is -0.352 e. The molecule has 3 rings (SSSR count). The zero-order valence-corrected chi connectivity index (χ0v) is 17.6. The van der Waals surface area contributed by atoms with E-state index in [9.17, 15) is 9.59 Å². The molecule has 2 N–H and O–H groups in total. The van der Waals surface area contributed by atoms with Crippen LogP contribution in [0, 0.1) is 6.92 Å². The molecule has 0 atom stereocenters. The highest BCUT2D eigenvalue weighted by atomic mass is 35.5. The van der Waals surface area contributed by atoms with E-state index in [2.05, 4.69) is 15.7 Å². The van der Waals surface area contributed by atoms with E-state index in [4.69, 9.17) is 11.6 Å². The molecule has 30 heavy (non-hydrogen) atoms. The summed E-state index contributed by atoms with van der Waals surface area (Å²) in [6.07, 6.45) is 3.72. The van der Waals surface area contributed by atoms with Gasteiger partial charge >= 0.3 is 0 Å². The molecule has 0 aliphatic carbocycles. The van der Waals surface area contributed by atoms with Crippen LogP contribution in [0.2, 0.25) is 5.15 Å². The van der Waals surface area contributed by atoms with Crippen LogP contribution in [-0.4, -0.2) is 28.1 Å². The van der Waals surface area contributed by atoms with Gasteiger partial charge in [-0.2, -0.15) is 5.10 Å². The molecule has 0 unspecified atom stereocenters. The number of halogens is 1. The van der Waals surface area contributed by atoms with Crippen molar-refractivity contribution in [2.75, 3.05) is 11.9 Å². The second-order valence-electron chi connectivity index (χ2n) is 6.77. The molecule has 0 bridgehead atoms. The lowest BCUT2D eigenvalue weighted by molar-refractivity contribution is -0.111. The summed E-state index contributed by atoms with van der Waals surface area (Å²) in [5.41, 5.74) is 3.40. The van der Waals surface area contributed by atoms with Crippen LogP contribution >= 0.6 is 11.6 Å². The van der Waals surface area contributed by atoms with Gasteiger partial charge in [-0.05, 0) is 37.1 Å². The SMILES string of the molecule is Cc1nn(C)c(Cl)c1/C=C/C(=O)Nc1ccccc1C(=O)NCCc1ccccc1. The van der Waals surface area contributed by atoms with Gasteiger partial charge in [-0.25, -0.2) is 0 Å². The maximum absolute atomic E-state index is 12.6. The molecule has 0 radical (unpaired) electrons. The molecule has 0 saturated carbocycles. The number of amides is 2. The first-order valence-electron chi connectivity index (χ1n) is 9.55. The predicted molar refractivity (Wildman–Crippen MR) is 120 cm³/mol. The summed E-state index contributed by atoms with van der Waals surface area (Å²) < 4.78 is 1.55. The molecule has 2 aromatic carbocycles. The summed E-state index contributed by atoms with van der Waals surface area (Å²) >= 11 is 6.18. The second kappa shape index (κ2) is 9.89. The van der Waals surface area contributed by atoms with Crippen molar-refractivity contribution in [2.24, 2.45) is 7.05 Å². The topological polar surface area (TPSA) is 76.0 Å². The number of benzene rings is 2. The first-order valence-corrected chi connectivity index (χ1v) is 9.93. The van der Waals surface area contributed by atoms with E-state index in [0.29, 0.717) is 28.5 Å². The lowest BCUT2D eigenvalue weighted by Gasteiger charge is -2.10. The largest absolute Gasteiger partial charge is 0.352 e. The molecule has 154 valence electrons. The van der Waals surface area contributed by atoms with Gasteiger partial charge in [0.05, 0.1) is 16.9 Å². The van der Waals surface area contributed by atoms with Crippen LogP contribution in [0.3, 0.4) is 0 Å². The first-order chi connectivity index (χ1) is 14.5. The Balaban J connectivity index is 1.63. The van der Waals surface area contributed by atoms with Crippen molar-refractivity contribution < 1.29 is 9.59 Å². The van der Waals surface area contributed by atoms with Crippen molar-refractivity contribution in [1.82, 2.24) is 15.1 Å². The summed E-state index contributed by atoms with van der Waals surface area (Å²) in [4.78, 5) is 25.0. The standard InChI is InChI=1S/C23H23ClN4O2/c1-16-18(22(24)28(2)27-16)12-13-21(29)26-20-11-7-6-10-19(20)23(30)25-15-14-17-8-4-3-5-9-17/h3-13H,14-15H2,1-2H3,(H,25,30)(H,26,29)/b13-12+. The van der Waals surface area contributed by atoms with E-state index in [1.165, 1.54) is 6.08 Å². The Bertz CT molecular complexity index is 1070. The number of anilines is 1. The third-order valence-corrected chi connectivity index (χ3v) is 5.02. The molecule has 0 aliphatic heterocycles. The van der Waals surface area contributed by atoms with Crippen molar-refractivity contribution in [3.8, 4) is 0 Å². The number of hydrogen-bond acceptors (Lipinski definition) is 3. The fraction of sp³-hybridized carbons (Fsp3) is 0.174. The van der Waals surface area contributed by atoms with E-state index in [1.807, 2.05) is 37.3 Å². The molecular weight excluding hydrogens is 400 g/mol. The maximum atomic E-state index is 12.6. The number of rotatable bonds is 7. The van der Waals surface area contributed by atoms with Gasteiger partial charge in [0.15, 0.2) is 0 Å². The van der Waals surface area contributed by atoms with Crippen LogP contribution in [0.4, 0.5) is 5.69 Å². The van der Waals surface area contributed by atoms with E-state index in [1.54, 1.807) is 42.1 Å². The average Bonchev–Trinajstić information content (AvgIpc) is 2.98. The van der Waals surface area contributed by atoms with Gasteiger partial charge in [-0.1, -0.05) is 54.1 Å². The number of carbonyl (C=O) groups is 2. The summed E-state index contributed by atoms with van der Waals surface area (Å²) in [6.45, 7) is 2.32. The third kappa shape index (κ3) is 5.36. The fourth-order valence-corrected chi connectivity index (χ4v) is 3.26. The Morgan fingerprint density at radius 1 is 1.10 bits per heavy atom. The number of aromatic nitrogens is 2. The van der Waals surface area contributed by atoms with Crippen molar-refractivity contribution in [3.63, 3.8) is 0 Å². The zero-order valence-electron chi connectivity index (χ0n) is 16.9. The van der Waals surface area contributed by atoms with Gasteiger partial charge in [0, 0.05) is 25.2 Å².